The first-order valence-electron chi connectivity index (χ1n) is 8.89. The number of amides is 2. The molecule has 0 aliphatic carbocycles. The standard InChI is InChI=1S/C21H15NO5S2/c23-20-18(17-4-2-8-28-17)19(29-11-14-3-1-7-25-14)21(24)22(20)10-13-5-6-15-16(9-13)27-12-26-15/h1-9H,10-12H2. The lowest BCUT2D eigenvalue weighted by atomic mass is 10.2. The molecule has 2 aliphatic heterocycles. The molecule has 29 heavy (non-hydrogen) atoms. The van der Waals surface area contributed by atoms with E-state index in [-0.39, 0.29) is 25.2 Å². The molecule has 0 bridgehead atoms. The first kappa shape index (κ1) is 18.1. The number of thiophene rings is 1. The quantitative estimate of drug-likeness (QED) is 0.549. The fourth-order valence-corrected chi connectivity index (χ4v) is 5.09. The normalized spacial score (nSPS) is 15.7. The second kappa shape index (κ2) is 7.46. The number of benzene rings is 1. The van der Waals surface area contributed by atoms with Gasteiger partial charge in [0, 0.05) is 4.88 Å². The fourth-order valence-electron chi connectivity index (χ4n) is 3.23. The van der Waals surface area contributed by atoms with Gasteiger partial charge in [-0.15, -0.1) is 23.1 Å². The number of furan rings is 1. The molecule has 1 aromatic carbocycles. The number of thioether (sulfide) groups is 1. The third-order valence-corrected chi connectivity index (χ3v) is 6.59. The minimum atomic E-state index is -0.285. The molecule has 2 amide bonds. The van der Waals surface area contributed by atoms with Crippen LogP contribution in [0.2, 0.25) is 0 Å². The van der Waals surface area contributed by atoms with Gasteiger partial charge in [0.25, 0.3) is 11.8 Å². The molecule has 0 atom stereocenters. The minimum absolute atomic E-state index is 0.175. The number of carbonyl (C=O) groups excluding carboxylic acids is 2. The van der Waals surface area contributed by atoms with Crippen LogP contribution in [0.15, 0.2) is 63.4 Å². The van der Waals surface area contributed by atoms with Crippen molar-refractivity contribution in [3.05, 3.63) is 75.2 Å². The summed E-state index contributed by atoms with van der Waals surface area (Å²) in [4.78, 5) is 28.9. The van der Waals surface area contributed by atoms with Gasteiger partial charge in [-0.1, -0.05) is 12.1 Å². The lowest BCUT2D eigenvalue weighted by Crippen LogP contribution is -2.30. The van der Waals surface area contributed by atoms with Crippen molar-refractivity contribution in [3.63, 3.8) is 0 Å². The van der Waals surface area contributed by atoms with E-state index in [2.05, 4.69) is 0 Å². The summed E-state index contributed by atoms with van der Waals surface area (Å²) in [6.07, 6.45) is 1.60. The number of carbonyl (C=O) groups is 2. The Bertz CT molecular complexity index is 1100. The number of fused-ring (bicyclic) bond motifs is 1. The van der Waals surface area contributed by atoms with Crippen LogP contribution in [0.1, 0.15) is 16.2 Å². The molecule has 4 heterocycles. The van der Waals surface area contributed by atoms with E-state index in [0.29, 0.717) is 27.7 Å². The topological polar surface area (TPSA) is 69.0 Å². The number of ether oxygens (including phenoxy) is 2. The van der Waals surface area contributed by atoms with E-state index in [1.807, 2.05) is 35.7 Å². The Labute approximate surface area is 174 Å². The fraction of sp³-hybridized carbons (Fsp3) is 0.143. The van der Waals surface area contributed by atoms with Gasteiger partial charge >= 0.3 is 0 Å². The Morgan fingerprint density at radius 1 is 1.03 bits per heavy atom. The molecule has 0 saturated carbocycles. The highest BCUT2D eigenvalue weighted by Gasteiger charge is 2.39. The van der Waals surface area contributed by atoms with Gasteiger partial charge in [-0.25, -0.2) is 0 Å². The van der Waals surface area contributed by atoms with Crippen molar-refractivity contribution in [2.45, 2.75) is 12.3 Å². The summed E-state index contributed by atoms with van der Waals surface area (Å²) >= 11 is 2.78. The number of nitrogens with zero attached hydrogens (tertiary/aromatic N) is 1. The molecule has 2 aliphatic rings. The molecular weight excluding hydrogens is 410 g/mol. The summed E-state index contributed by atoms with van der Waals surface area (Å²) in [5.74, 6) is 1.96. The van der Waals surface area contributed by atoms with Gasteiger partial charge in [-0.05, 0) is 41.3 Å². The molecule has 0 unspecified atom stereocenters. The van der Waals surface area contributed by atoms with Gasteiger partial charge in [-0.2, -0.15) is 0 Å². The second-order valence-corrected chi connectivity index (χ2v) is 8.37. The molecule has 0 N–H and O–H groups in total. The largest absolute Gasteiger partial charge is 0.468 e. The van der Waals surface area contributed by atoms with Gasteiger partial charge in [-0.3, -0.25) is 14.5 Å². The van der Waals surface area contributed by atoms with Crippen LogP contribution in [0.25, 0.3) is 5.57 Å². The summed E-state index contributed by atoms with van der Waals surface area (Å²) in [5.41, 5.74) is 1.26. The first-order valence-corrected chi connectivity index (χ1v) is 10.8. The first-order chi connectivity index (χ1) is 14.2. The highest BCUT2D eigenvalue weighted by molar-refractivity contribution is 8.03. The van der Waals surface area contributed by atoms with Crippen molar-refractivity contribution in [1.82, 2.24) is 4.90 Å². The van der Waals surface area contributed by atoms with Crippen LogP contribution >= 0.6 is 23.1 Å². The van der Waals surface area contributed by atoms with E-state index in [1.165, 1.54) is 28.0 Å². The Morgan fingerprint density at radius 3 is 2.72 bits per heavy atom. The smallest absolute Gasteiger partial charge is 0.268 e. The van der Waals surface area contributed by atoms with Crippen LogP contribution in [0.4, 0.5) is 0 Å². The van der Waals surface area contributed by atoms with Crippen molar-refractivity contribution in [1.29, 1.82) is 0 Å². The monoisotopic (exact) mass is 425 g/mol. The van der Waals surface area contributed by atoms with Crippen LogP contribution in [-0.4, -0.2) is 23.5 Å². The number of hydrogen-bond acceptors (Lipinski definition) is 7. The molecule has 2 aromatic heterocycles. The van der Waals surface area contributed by atoms with Crippen LogP contribution in [0, 0.1) is 0 Å². The molecular formula is C21H15NO5S2. The lowest BCUT2D eigenvalue weighted by molar-refractivity contribution is -0.137. The number of imide groups is 1. The highest BCUT2D eigenvalue weighted by atomic mass is 32.2. The van der Waals surface area contributed by atoms with E-state index in [9.17, 15) is 9.59 Å². The molecule has 146 valence electrons. The lowest BCUT2D eigenvalue weighted by Gasteiger charge is -2.15. The summed E-state index contributed by atoms with van der Waals surface area (Å²) in [6, 6.07) is 12.8. The van der Waals surface area contributed by atoms with E-state index in [1.54, 1.807) is 18.4 Å². The molecule has 0 spiro atoms. The second-order valence-electron chi connectivity index (χ2n) is 6.43. The maximum absolute atomic E-state index is 13.2. The third-order valence-electron chi connectivity index (χ3n) is 4.61. The summed E-state index contributed by atoms with van der Waals surface area (Å²) < 4.78 is 16.1. The van der Waals surface area contributed by atoms with Gasteiger partial charge in [0.2, 0.25) is 6.79 Å². The molecule has 0 saturated heterocycles. The maximum Gasteiger partial charge on any atom is 0.268 e. The van der Waals surface area contributed by atoms with Gasteiger partial charge in [0.1, 0.15) is 5.76 Å². The van der Waals surface area contributed by atoms with Gasteiger partial charge in [0.15, 0.2) is 11.5 Å². The number of hydrogen-bond donors (Lipinski definition) is 0. The molecule has 0 radical (unpaired) electrons. The van der Waals surface area contributed by atoms with E-state index < -0.39 is 0 Å². The van der Waals surface area contributed by atoms with Crippen molar-refractivity contribution >= 4 is 40.5 Å². The predicted octanol–water partition coefficient (Wildman–Crippen LogP) is 4.28. The SMILES string of the molecule is O=C1C(SCc2ccco2)=C(c2cccs2)C(=O)N1Cc1ccc2c(c1)OCO2. The number of rotatable bonds is 6. The Morgan fingerprint density at radius 2 is 1.93 bits per heavy atom. The van der Waals surface area contributed by atoms with E-state index in [0.717, 1.165) is 16.2 Å². The Hall–Kier alpha value is -2.97. The Balaban J connectivity index is 1.43. The maximum atomic E-state index is 13.2. The van der Waals surface area contributed by atoms with Crippen molar-refractivity contribution in [3.8, 4) is 11.5 Å². The van der Waals surface area contributed by atoms with Crippen LogP contribution in [0.3, 0.4) is 0 Å². The van der Waals surface area contributed by atoms with Crippen LogP contribution < -0.4 is 9.47 Å². The minimum Gasteiger partial charge on any atom is -0.468 e. The highest BCUT2D eigenvalue weighted by Crippen LogP contribution is 2.40. The predicted molar refractivity (Wildman–Crippen MR) is 109 cm³/mol. The van der Waals surface area contributed by atoms with Crippen LogP contribution in [0.5, 0.6) is 11.5 Å². The van der Waals surface area contributed by atoms with Gasteiger partial charge < -0.3 is 13.9 Å². The zero-order chi connectivity index (χ0) is 19.8. The molecule has 0 fully saturated rings. The van der Waals surface area contributed by atoms with Gasteiger partial charge in [0.05, 0.1) is 29.0 Å². The zero-order valence-corrected chi connectivity index (χ0v) is 16.8. The van der Waals surface area contributed by atoms with Crippen molar-refractivity contribution < 1.29 is 23.5 Å². The summed E-state index contributed by atoms with van der Waals surface area (Å²) in [7, 11) is 0. The third kappa shape index (κ3) is 3.34. The summed E-state index contributed by atoms with van der Waals surface area (Å²) in [5, 5.41) is 1.90. The van der Waals surface area contributed by atoms with Crippen molar-refractivity contribution in [2.24, 2.45) is 0 Å². The van der Waals surface area contributed by atoms with Crippen molar-refractivity contribution in [2.75, 3.05) is 6.79 Å². The molecule has 3 aromatic rings. The average molecular weight is 425 g/mol. The summed E-state index contributed by atoms with van der Waals surface area (Å²) in [6.45, 7) is 0.353. The average Bonchev–Trinajstić information content (AvgIpc) is 3.51. The van der Waals surface area contributed by atoms with E-state index in [4.69, 9.17) is 13.9 Å². The molecule has 5 rings (SSSR count). The molecule has 6 nitrogen and oxygen atoms in total. The zero-order valence-electron chi connectivity index (χ0n) is 15.1. The van der Waals surface area contributed by atoms with E-state index >= 15 is 0 Å². The Kier molecular flexibility index (Phi) is 4.65. The molecule has 8 heteroatoms. The van der Waals surface area contributed by atoms with Crippen LogP contribution in [-0.2, 0) is 21.9 Å².